The molecular formula is C18H25N3OS. The van der Waals surface area contributed by atoms with Crippen LogP contribution in [0.3, 0.4) is 0 Å². The standard InChI is InChI=1S/C18H25N3OS/c1-13-6-5-7-14(8-13)17-20-15(10-23-17)9-16(22)21(4)12-18(2,3)11-19/h5-8,10H,9,11-12,19H2,1-4H3. The Hall–Kier alpha value is -1.72. The summed E-state index contributed by atoms with van der Waals surface area (Å²) in [5, 5.41) is 2.93. The molecule has 0 fully saturated rings. The molecule has 1 aromatic heterocycles. The Labute approximate surface area is 142 Å². The average Bonchev–Trinajstić information content (AvgIpc) is 2.95. The third kappa shape index (κ3) is 4.88. The van der Waals surface area contributed by atoms with E-state index in [1.165, 1.54) is 5.56 Å². The lowest BCUT2D eigenvalue weighted by Gasteiger charge is -2.28. The first-order valence-corrected chi connectivity index (χ1v) is 8.64. The van der Waals surface area contributed by atoms with Gasteiger partial charge in [-0.1, -0.05) is 37.6 Å². The molecule has 4 nitrogen and oxygen atoms in total. The minimum atomic E-state index is -0.0702. The number of hydrogen-bond acceptors (Lipinski definition) is 4. The van der Waals surface area contributed by atoms with E-state index in [9.17, 15) is 4.79 Å². The van der Waals surface area contributed by atoms with E-state index in [1.807, 2.05) is 24.6 Å². The van der Waals surface area contributed by atoms with Gasteiger partial charge in [-0.3, -0.25) is 4.79 Å². The molecule has 5 heteroatoms. The lowest BCUT2D eigenvalue weighted by atomic mass is 9.93. The molecule has 1 aromatic carbocycles. The van der Waals surface area contributed by atoms with Crippen molar-refractivity contribution in [1.82, 2.24) is 9.88 Å². The highest BCUT2D eigenvalue weighted by atomic mass is 32.1. The van der Waals surface area contributed by atoms with Crippen LogP contribution < -0.4 is 5.73 Å². The molecule has 0 saturated carbocycles. The second-order valence-electron chi connectivity index (χ2n) is 6.81. The van der Waals surface area contributed by atoms with Gasteiger partial charge < -0.3 is 10.6 Å². The number of carbonyl (C=O) groups excluding carboxylic acids is 1. The fourth-order valence-corrected chi connectivity index (χ4v) is 3.20. The molecule has 1 amide bonds. The summed E-state index contributed by atoms with van der Waals surface area (Å²) in [5.74, 6) is 0.0765. The van der Waals surface area contributed by atoms with E-state index in [-0.39, 0.29) is 11.3 Å². The van der Waals surface area contributed by atoms with Gasteiger partial charge in [0.2, 0.25) is 5.91 Å². The molecule has 2 rings (SSSR count). The summed E-state index contributed by atoms with van der Waals surface area (Å²) in [6, 6.07) is 8.25. The number of aryl methyl sites for hydroxylation is 1. The highest BCUT2D eigenvalue weighted by Crippen LogP contribution is 2.25. The molecule has 0 aliphatic rings. The molecule has 0 saturated heterocycles. The van der Waals surface area contributed by atoms with Gasteiger partial charge in [0.05, 0.1) is 12.1 Å². The molecule has 0 unspecified atom stereocenters. The van der Waals surface area contributed by atoms with Crippen molar-refractivity contribution in [3.63, 3.8) is 0 Å². The number of amides is 1. The molecule has 0 atom stereocenters. The van der Waals surface area contributed by atoms with Crippen molar-refractivity contribution in [1.29, 1.82) is 0 Å². The summed E-state index contributed by atoms with van der Waals surface area (Å²) in [6.07, 6.45) is 0.333. The first-order valence-electron chi connectivity index (χ1n) is 7.76. The zero-order chi connectivity index (χ0) is 17.0. The molecule has 2 aromatic rings. The number of carbonyl (C=O) groups is 1. The van der Waals surface area contributed by atoms with Crippen LogP contribution in [-0.2, 0) is 11.2 Å². The Bertz CT molecular complexity index is 678. The number of nitrogens with two attached hydrogens (primary N) is 1. The van der Waals surface area contributed by atoms with E-state index in [1.54, 1.807) is 16.2 Å². The zero-order valence-electron chi connectivity index (χ0n) is 14.3. The summed E-state index contributed by atoms with van der Waals surface area (Å²) in [5.41, 5.74) is 8.81. The lowest BCUT2D eigenvalue weighted by molar-refractivity contribution is -0.130. The molecule has 0 bridgehead atoms. The van der Waals surface area contributed by atoms with E-state index in [4.69, 9.17) is 5.73 Å². The smallest absolute Gasteiger partial charge is 0.228 e. The van der Waals surface area contributed by atoms with Crippen LogP contribution in [0.4, 0.5) is 0 Å². The Morgan fingerprint density at radius 1 is 1.39 bits per heavy atom. The topological polar surface area (TPSA) is 59.2 Å². The van der Waals surface area contributed by atoms with Crippen LogP contribution in [0, 0.1) is 12.3 Å². The highest BCUT2D eigenvalue weighted by molar-refractivity contribution is 7.13. The summed E-state index contributed by atoms with van der Waals surface area (Å²) < 4.78 is 0. The van der Waals surface area contributed by atoms with E-state index < -0.39 is 0 Å². The van der Waals surface area contributed by atoms with Gasteiger partial charge in [-0.2, -0.15) is 0 Å². The van der Waals surface area contributed by atoms with E-state index in [0.29, 0.717) is 19.5 Å². The van der Waals surface area contributed by atoms with Gasteiger partial charge in [0.25, 0.3) is 0 Å². The number of benzene rings is 1. The Morgan fingerprint density at radius 2 is 2.13 bits per heavy atom. The summed E-state index contributed by atoms with van der Waals surface area (Å²) >= 11 is 1.58. The molecule has 0 spiro atoms. The van der Waals surface area contributed by atoms with Crippen molar-refractivity contribution in [3.8, 4) is 10.6 Å². The monoisotopic (exact) mass is 331 g/mol. The van der Waals surface area contributed by atoms with Crippen LogP contribution in [-0.4, -0.2) is 35.9 Å². The molecule has 124 valence electrons. The number of nitrogens with zero attached hydrogens (tertiary/aromatic N) is 2. The number of rotatable bonds is 6. The molecule has 1 heterocycles. The van der Waals surface area contributed by atoms with Crippen molar-refractivity contribution < 1.29 is 4.79 Å². The van der Waals surface area contributed by atoms with Crippen molar-refractivity contribution in [2.45, 2.75) is 27.2 Å². The zero-order valence-corrected chi connectivity index (χ0v) is 15.1. The van der Waals surface area contributed by atoms with Crippen LogP contribution in [0.5, 0.6) is 0 Å². The van der Waals surface area contributed by atoms with Crippen LogP contribution in [0.2, 0.25) is 0 Å². The Morgan fingerprint density at radius 3 is 2.78 bits per heavy atom. The normalized spacial score (nSPS) is 11.5. The van der Waals surface area contributed by atoms with E-state index >= 15 is 0 Å². The number of thiazole rings is 1. The number of likely N-dealkylation sites (N-methyl/N-ethyl adjacent to an activating group) is 1. The van der Waals surface area contributed by atoms with Crippen LogP contribution >= 0.6 is 11.3 Å². The maximum absolute atomic E-state index is 12.4. The van der Waals surface area contributed by atoms with Crippen molar-refractivity contribution in [3.05, 3.63) is 40.9 Å². The lowest BCUT2D eigenvalue weighted by Crippen LogP contribution is -2.40. The maximum Gasteiger partial charge on any atom is 0.228 e. The molecule has 0 aliphatic carbocycles. The third-order valence-electron chi connectivity index (χ3n) is 3.79. The number of aromatic nitrogens is 1. The predicted molar refractivity (Wildman–Crippen MR) is 96.5 cm³/mol. The Balaban J connectivity index is 2.03. The fourth-order valence-electron chi connectivity index (χ4n) is 2.38. The minimum absolute atomic E-state index is 0.0702. The van der Waals surface area contributed by atoms with Crippen molar-refractivity contribution in [2.24, 2.45) is 11.1 Å². The molecule has 0 aliphatic heterocycles. The van der Waals surface area contributed by atoms with Gasteiger partial charge >= 0.3 is 0 Å². The number of hydrogen-bond donors (Lipinski definition) is 1. The second-order valence-corrected chi connectivity index (χ2v) is 7.67. The Kier molecular flexibility index (Phi) is 5.55. The van der Waals surface area contributed by atoms with Gasteiger partial charge in [-0.25, -0.2) is 4.98 Å². The van der Waals surface area contributed by atoms with Gasteiger partial charge in [0.1, 0.15) is 5.01 Å². The van der Waals surface area contributed by atoms with Gasteiger partial charge in [-0.15, -0.1) is 11.3 Å². The summed E-state index contributed by atoms with van der Waals surface area (Å²) in [7, 11) is 1.83. The SMILES string of the molecule is Cc1cccc(-c2nc(CC(=O)N(C)CC(C)(C)CN)cs2)c1. The maximum atomic E-state index is 12.4. The largest absolute Gasteiger partial charge is 0.345 e. The molecular weight excluding hydrogens is 306 g/mol. The summed E-state index contributed by atoms with van der Waals surface area (Å²) in [6.45, 7) is 7.40. The minimum Gasteiger partial charge on any atom is -0.345 e. The quantitative estimate of drug-likeness (QED) is 0.885. The van der Waals surface area contributed by atoms with Gasteiger partial charge in [-0.05, 0) is 24.9 Å². The van der Waals surface area contributed by atoms with Gasteiger partial charge in [0, 0.05) is 24.5 Å². The molecule has 0 radical (unpaired) electrons. The van der Waals surface area contributed by atoms with Gasteiger partial charge in [0.15, 0.2) is 0 Å². The van der Waals surface area contributed by atoms with Crippen LogP contribution in [0.25, 0.3) is 10.6 Å². The second kappa shape index (κ2) is 7.23. The van der Waals surface area contributed by atoms with Crippen LogP contribution in [0.1, 0.15) is 25.1 Å². The van der Waals surface area contributed by atoms with Crippen molar-refractivity contribution >= 4 is 17.2 Å². The third-order valence-corrected chi connectivity index (χ3v) is 4.73. The average molecular weight is 331 g/mol. The molecule has 2 N–H and O–H groups in total. The highest BCUT2D eigenvalue weighted by Gasteiger charge is 2.21. The first kappa shape index (κ1) is 17.6. The van der Waals surface area contributed by atoms with Crippen molar-refractivity contribution in [2.75, 3.05) is 20.1 Å². The molecule has 23 heavy (non-hydrogen) atoms. The fraction of sp³-hybridized carbons (Fsp3) is 0.444. The summed E-state index contributed by atoms with van der Waals surface area (Å²) in [4.78, 5) is 18.7. The van der Waals surface area contributed by atoms with Crippen LogP contribution in [0.15, 0.2) is 29.6 Å². The predicted octanol–water partition coefficient (Wildman–Crippen LogP) is 3.10. The first-order chi connectivity index (χ1) is 10.8. The van der Waals surface area contributed by atoms with E-state index in [2.05, 4.69) is 37.9 Å². The van der Waals surface area contributed by atoms with E-state index in [0.717, 1.165) is 16.3 Å².